The molecule has 2 rings (SSSR count). The highest BCUT2D eigenvalue weighted by Gasteiger charge is 2.27. The van der Waals surface area contributed by atoms with Gasteiger partial charge in [-0.3, -0.25) is 9.69 Å². The molecule has 76 valence electrons. The van der Waals surface area contributed by atoms with Crippen LogP contribution in [0.25, 0.3) is 0 Å². The molecule has 1 aliphatic rings. The average molecular weight is 195 g/mol. The number of carboxylic acids is 1. The fourth-order valence-electron chi connectivity index (χ4n) is 1.80. The zero-order valence-electron chi connectivity index (χ0n) is 7.85. The van der Waals surface area contributed by atoms with E-state index in [-0.39, 0.29) is 5.92 Å². The predicted molar refractivity (Wildman–Crippen MR) is 49.7 cm³/mol. The Kier molecular flexibility index (Phi) is 2.54. The number of likely N-dealkylation sites (tertiary alicyclic amines) is 1. The van der Waals surface area contributed by atoms with E-state index in [1.807, 2.05) is 12.1 Å². The maximum Gasteiger partial charge on any atom is 0.307 e. The lowest BCUT2D eigenvalue weighted by Gasteiger charge is -2.12. The molecule has 0 aliphatic carbocycles. The summed E-state index contributed by atoms with van der Waals surface area (Å²) in [5.41, 5.74) is 0. The van der Waals surface area contributed by atoms with Crippen LogP contribution in [0.4, 0.5) is 0 Å². The molecule has 1 aliphatic heterocycles. The Morgan fingerprint density at radius 2 is 2.57 bits per heavy atom. The summed E-state index contributed by atoms with van der Waals surface area (Å²) in [7, 11) is 0. The Bertz CT molecular complexity index is 307. The van der Waals surface area contributed by atoms with Crippen LogP contribution < -0.4 is 0 Å². The highest BCUT2D eigenvalue weighted by molar-refractivity contribution is 5.70. The summed E-state index contributed by atoms with van der Waals surface area (Å²) in [6, 6.07) is 3.76. The van der Waals surface area contributed by atoms with Crippen molar-refractivity contribution in [3.8, 4) is 0 Å². The van der Waals surface area contributed by atoms with Gasteiger partial charge in [-0.05, 0) is 25.1 Å². The zero-order valence-corrected chi connectivity index (χ0v) is 7.85. The number of nitrogens with zero attached hydrogens (tertiary/aromatic N) is 1. The lowest BCUT2D eigenvalue weighted by Crippen LogP contribution is -2.22. The summed E-state index contributed by atoms with van der Waals surface area (Å²) in [6.45, 7) is 2.20. The fourth-order valence-corrected chi connectivity index (χ4v) is 1.80. The van der Waals surface area contributed by atoms with Gasteiger partial charge in [0, 0.05) is 6.54 Å². The van der Waals surface area contributed by atoms with Gasteiger partial charge >= 0.3 is 5.97 Å². The number of hydrogen-bond acceptors (Lipinski definition) is 3. The van der Waals surface area contributed by atoms with Gasteiger partial charge in [0.05, 0.1) is 18.7 Å². The molecule has 0 spiro atoms. The molecule has 0 saturated carbocycles. The molecule has 1 atom stereocenters. The first kappa shape index (κ1) is 9.27. The van der Waals surface area contributed by atoms with E-state index in [0.717, 1.165) is 25.3 Å². The standard InChI is InChI=1S/C10H13NO3/c12-10(13)8-3-4-11(6-8)7-9-2-1-5-14-9/h1-2,5,8H,3-4,6-7H2,(H,12,13)/t8-/m0/s1. The summed E-state index contributed by atoms with van der Waals surface area (Å²) < 4.78 is 5.20. The molecule has 1 saturated heterocycles. The van der Waals surface area contributed by atoms with E-state index in [1.165, 1.54) is 0 Å². The van der Waals surface area contributed by atoms with E-state index in [1.54, 1.807) is 6.26 Å². The Balaban J connectivity index is 1.87. The maximum atomic E-state index is 10.7. The summed E-state index contributed by atoms with van der Waals surface area (Å²) in [5.74, 6) is 0.00736. The van der Waals surface area contributed by atoms with Crippen LogP contribution in [0, 0.1) is 5.92 Å². The van der Waals surface area contributed by atoms with E-state index in [0.29, 0.717) is 6.54 Å². The van der Waals surface area contributed by atoms with E-state index in [2.05, 4.69) is 4.90 Å². The maximum absolute atomic E-state index is 10.7. The molecule has 1 aromatic heterocycles. The first-order valence-electron chi connectivity index (χ1n) is 4.73. The van der Waals surface area contributed by atoms with Gasteiger partial charge in [0.2, 0.25) is 0 Å². The zero-order chi connectivity index (χ0) is 9.97. The predicted octanol–water partition coefficient (Wildman–Crippen LogP) is 1.19. The number of carbonyl (C=O) groups is 1. The van der Waals surface area contributed by atoms with E-state index < -0.39 is 5.97 Å². The first-order valence-corrected chi connectivity index (χ1v) is 4.73. The summed E-state index contributed by atoms with van der Waals surface area (Å²) in [6.07, 6.45) is 2.39. The normalized spacial score (nSPS) is 22.7. The molecule has 1 N–H and O–H groups in total. The average Bonchev–Trinajstić information content (AvgIpc) is 2.75. The topological polar surface area (TPSA) is 53.7 Å². The summed E-state index contributed by atoms with van der Waals surface area (Å²) in [4.78, 5) is 12.8. The Morgan fingerprint density at radius 3 is 3.14 bits per heavy atom. The van der Waals surface area contributed by atoms with Crippen molar-refractivity contribution in [2.24, 2.45) is 5.92 Å². The van der Waals surface area contributed by atoms with Crippen molar-refractivity contribution >= 4 is 5.97 Å². The third-order valence-corrected chi connectivity index (χ3v) is 2.58. The number of hydrogen-bond donors (Lipinski definition) is 1. The van der Waals surface area contributed by atoms with Crippen LogP contribution in [-0.4, -0.2) is 29.1 Å². The molecule has 0 amide bonds. The molecule has 2 heterocycles. The summed E-state index contributed by atoms with van der Waals surface area (Å²) in [5, 5.41) is 8.81. The molecule has 1 fully saturated rings. The minimum Gasteiger partial charge on any atom is -0.481 e. The van der Waals surface area contributed by atoms with E-state index in [9.17, 15) is 4.79 Å². The molecule has 0 aromatic carbocycles. The smallest absolute Gasteiger partial charge is 0.307 e. The van der Waals surface area contributed by atoms with Gasteiger partial charge in [-0.2, -0.15) is 0 Å². The van der Waals surface area contributed by atoms with Gasteiger partial charge in [0.15, 0.2) is 0 Å². The van der Waals surface area contributed by atoms with Crippen molar-refractivity contribution in [2.45, 2.75) is 13.0 Å². The number of aliphatic carboxylic acids is 1. The number of rotatable bonds is 3. The third kappa shape index (κ3) is 1.96. The number of carboxylic acid groups (broad SMARTS) is 1. The monoisotopic (exact) mass is 195 g/mol. The van der Waals surface area contributed by atoms with Gasteiger partial charge in [-0.1, -0.05) is 0 Å². The molecule has 0 bridgehead atoms. The Labute approximate surface area is 82.1 Å². The fraction of sp³-hybridized carbons (Fsp3) is 0.500. The van der Waals surface area contributed by atoms with E-state index >= 15 is 0 Å². The van der Waals surface area contributed by atoms with Crippen LogP contribution in [0.3, 0.4) is 0 Å². The molecule has 4 heteroatoms. The third-order valence-electron chi connectivity index (χ3n) is 2.58. The van der Waals surface area contributed by atoms with Gasteiger partial charge in [-0.15, -0.1) is 0 Å². The second kappa shape index (κ2) is 3.84. The minimum absolute atomic E-state index is 0.204. The van der Waals surface area contributed by atoms with Crippen molar-refractivity contribution < 1.29 is 14.3 Å². The van der Waals surface area contributed by atoms with Crippen molar-refractivity contribution in [2.75, 3.05) is 13.1 Å². The first-order chi connectivity index (χ1) is 6.75. The van der Waals surface area contributed by atoms with Crippen LogP contribution in [-0.2, 0) is 11.3 Å². The molecule has 4 nitrogen and oxygen atoms in total. The summed E-state index contributed by atoms with van der Waals surface area (Å²) >= 11 is 0. The number of furan rings is 1. The van der Waals surface area contributed by atoms with Crippen LogP contribution in [0.5, 0.6) is 0 Å². The molecule has 0 radical (unpaired) electrons. The van der Waals surface area contributed by atoms with Crippen molar-refractivity contribution in [1.82, 2.24) is 4.90 Å². The SMILES string of the molecule is O=C(O)[C@H]1CCN(Cc2ccco2)C1. The van der Waals surface area contributed by atoms with Crippen molar-refractivity contribution in [3.63, 3.8) is 0 Å². The Hall–Kier alpha value is -1.29. The second-order valence-corrected chi connectivity index (χ2v) is 3.64. The van der Waals surface area contributed by atoms with Gasteiger partial charge < -0.3 is 9.52 Å². The lowest BCUT2D eigenvalue weighted by atomic mass is 10.1. The molecule has 0 unspecified atom stereocenters. The Morgan fingerprint density at radius 1 is 1.71 bits per heavy atom. The van der Waals surface area contributed by atoms with E-state index in [4.69, 9.17) is 9.52 Å². The molecule has 14 heavy (non-hydrogen) atoms. The molecular weight excluding hydrogens is 182 g/mol. The quantitative estimate of drug-likeness (QED) is 0.787. The van der Waals surface area contributed by atoms with Crippen LogP contribution in [0.15, 0.2) is 22.8 Å². The largest absolute Gasteiger partial charge is 0.481 e. The van der Waals surface area contributed by atoms with Crippen LogP contribution in [0.2, 0.25) is 0 Å². The molecular formula is C10H13NO3. The highest BCUT2D eigenvalue weighted by Crippen LogP contribution is 2.18. The van der Waals surface area contributed by atoms with Crippen molar-refractivity contribution in [3.05, 3.63) is 24.2 Å². The van der Waals surface area contributed by atoms with Gasteiger partial charge in [0.1, 0.15) is 5.76 Å². The molecule has 1 aromatic rings. The van der Waals surface area contributed by atoms with Crippen LogP contribution in [0.1, 0.15) is 12.2 Å². The van der Waals surface area contributed by atoms with Gasteiger partial charge in [0.25, 0.3) is 0 Å². The van der Waals surface area contributed by atoms with Crippen molar-refractivity contribution in [1.29, 1.82) is 0 Å². The lowest BCUT2D eigenvalue weighted by molar-refractivity contribution is -0.141. The second-order valence-electron chi connectivity index (χ2n) is 3.64. The van der Waals surface area contributed by atoms with Crippen LogP contribution >= 0.6 is 0 Å². The minimum atomic E-state index is -0.688. The highest BCUT2D eigenvalue weighted by atomic mass is 16.4. The van der Waals surface area contributed by atoms with Gasteiger partial charge in [-0.25, -0.2) is 0 Å².